The van der Waals surface area contributed by atoms with Gasteiger partial charge in [0.25, 0.3) is 0 Å². The van der Waals surface area contributed by atoms with Gasteiger partial charge in [-0.15, -0.1) is 11.3 Å². The largest absolute Gasteiger partial charge is 0.378 e. The fourth-order valence-electron chi connectivity index (χ4n) is 1.13. The molecule has 0 aliphatic rings. The number of aliphatic hydroxyl groups is 1. The lowest BCUT2D eigenvalue weighted by Crippen LogP contribution is -2.39. The third kappa shape index (κ3) is 2.05. The summed E-state index contributed by atoms with van der Waals surface area (Å²) in [6, 6.07) is 0. The summed E-state index contributed by atoms with van der Waals surface area (Å²) in [7, 11) is 2.96. The van der Waals surface area contributed by atoms with Crippen molar-refractivity contribution in [3.63, 3.8) is 0 Å². The van der Waals surface area contributed by atoms with Crippen molar-refractivity contribution < 1.29 is 14.6 Å². The SMILES string of the molecule is COC(OC)C(C)(O)c1nccs1. The summed E-state index contributed by atoms with van der Waals surface area (Å²) < 4.78 is 9.96. The monoisotopic (exact) mass is 203 g/mol. The van der Waals surface area contributed by atoms with E-state index < -0.39 is 11.9 Å². The summed E-state index contributed by atoms with van der Waals surface area (Å²) in [4.78, 5) is 4.01. The van der Waals surface area contributed by atoms with Gasteiger partial charge in [-0.3, -0.25) is 0 Å². The standard InChI is InChI=1S/C8H13NO3S/c1-8(10,7(11-2)12-3)6-9-4-5-13-6/h4-5,7,10H,1-3H3. The molecule has 0 radical (unpaired) electrons. The maximum absolute atomic E-state index is 10.0. The molecule has 1 atom stereocenters. The number of thiazole rings is 1. The molecule has 1 aromatic rings. The van der Waals surface area contributed by atoms with E-state index in [9.17, 15) is 5.11 Å². The molecule has 0 saturated carbocycles. The van der Waals surface area contributed by atoms with Gasteiger partial charge in [0.2, 0.25) is 0 Å². The lowest BCUT2D eigenvalue weighted by Gasteiger charge is -2.28. The zero-order chi connectivity index (χ0) is 9.90. The van der Waals surface area contributed by atoms with Crippen LogP contribution in [-0.4, -0.2) is 30.6 Å². The molecule has 0 fully saturated rings. The summed E-state index contributed by atoms with van der Waals surface area (Å²) >= 11 is 1.37. The van der Waals surface area contributed by atoms with Crippen molar-refractivity contribution in [1.29, 1.82) is 0 Å². The molecule has 1 aromatic heterocycles. The molecule has 1 unspecified atom stereocenters. The smallest absolute Gasteiger partial charge is 0.192 e. The van der Waals surface area contributed by atoms with Crippen LogP contribution in [0.3, 0.4) is 0 Å². The molecule has 1 N–H and O–H groups in total. The van der Waals surface area contributed by atoms with Gasteiger partial charge in [0.15, 0.2) is 11.9 Å². The van der Waals surface area contributed by atoms with E-state index >= 15 is 0 Å². The third-order valence-electron chi connectivity index (χ3n) is 1.75. The third-order valence-corrected chi connectivity index (χ3v) is 2.75. The highest BCUT2D eigenvalue weighted by atomic mass is 32.1. The second-order valence-electron chi connectivity index (χ2n) is 2.79. The quantitative estimate of drug-likeness (QED) is 0.741. The first kappa shape index (κ1) is 10.6. The van der Waals surface area contributed by atoms with Gasteiger partial charge < -0.3 is 14.6 Å². The summed E-state index contributed by atoms with van der Waals surface area (Å²) in [5.41, 5.74) is -1.20. The molecule has 0 spiro atoms. The van der Waals surface area contributed by atoms with Gasteiger partial charge in [0.05, 0.1) is 0 Å². The molecule has 0 aliphatic heterocycles. The van der Waals surface area contributed by atoms with Crippen LogP contribution in [0, 0.1) is 0 Å². The van der Waals surface area contributed by atoms with E-state index in [1.165, 1.54) is 25.6 Å². The van der Waals surface area contributed by atoms with Crippen LogP contribution in [0.4, 0.5) is 0 Å². The van der Waals surface area contributed by atoms with Crippen molar-refractivity contribution in [1.82, 2.24) is 4.98 Å². The fraction of sp³-hybridized carbons (Fsp3) is 0.625. The molecule has 1 rings (SSSR count). The Morgan fingerprint density at radius 3 is 2.54 bits per heavy atom. The van der Waals surface area contributed by atoms with E-state index in [4.69, 9.17) is 9.47 Å². The highest BCUT2D eigenvalue weighted by Crippen LogP contribution is 2.28. The summed E-state index contributed by atoms with van der Waals surface area (Å²) in [6.45, 7) is 1.61. The van der Waals surface area contributed by atoms with Gasteiger partial charge >= 0.3 is 0 Å². The first-order chi connectivity index (χ1) is 6.12. The van der Waals surface area contributed by atoms with Gasteiger partial charge in [-0.05, 0) is 6.92 Å². The van der Waals surface area contributed by atoms with Gasteiger partial charge in [-0.25, -0.2) is 4.98 Å². The highest BCUT2D eigenvalue weighted by molar-refractivity contribution is 7.09. The lowest BCUT2D eigenvalue weighted by atomic mass is 10.1. The van der Waals surface area contributed by atoms with Crippen molar-refractivity contribution in [3.05, 3.63) is 16.6 Å². The molecular formula is C8H13NO3S. The Kier molecular flexibility index (Phi) is 3.38. The minimum atomic E-state index is -1.20. The van der Waals surface area contributed by atoms with Crippen LogP contribution in [0.1, 0.15) is 11.9 Å². The normalized spacial score (nSPS) is 16.1. The molecule has 0 aromatic carbocycles. The molecule has 5 heteroatoms. The first-order valence-corrected chi connectivity index (χ1v) is 4.68. The van der Waals surface area contributed by atoms with Crippen molar-refractivity contribution >= 4 is 11.3 Å². The molecule has 0 amide bonds. The van der Waals surface area contributed by atoms with E-state index in [1.54, 1.807) is 18.5 Å². The van der Waals surface area contributed by atoms with Crippen molar-refractivity contribution in [2.75, 3.05) is 14.2 Å². The van der Waals surface area contributed by atoms with E-state index in [0.717, 1.165) is 0 Å². The zero-order valence-corrected chi connectivity index (χ0v) is 8.67. The number of rotatable bonds is 4. The van der Waals surface area contributed by atoms with E-state index in [0.29, 0.717) is 5.01 Å². The van der Waals surface area contributed by atoms with E-state index in [1.807, 2.05) is 0 Å². The highest BCUT2D eigenvalue weighted by Gasteiger charge is 2.36. The lowest BCUT2D eigenvalue weighted by molar-refractivity contribution is -0.213. The molecule has 0 saturated heterocycles. The molecular weight excluding hydrogens is 190 g/mol. The van der Waals surface area contributed by atoms with Crippen LogP contribution in [0.2, 0.25) is 0 Å². The summed E-state index contributed by atoms with van der Waals surface area (Å²) in [6.07, 6.45) is 0.940. The van der Waals surface area contributed by atoms with Gasteiger partial charge in [-0.1, -0.05) is 0 Å². The Labute approximate surface area is 81.1 Å². The second kappa shape index (κ2) is 4.15. The predicted molar refractivity (Wildman–Crippen MR) is 49.5 cm³/mol. The topological polar surface area (TPSA) is 51.6 Å². The average molecular weight is 203 g/mol. The van der Waals surface area contributed by atoms with Crippen LogP contribution in [-0.2, 0) is 15.1 Å². The molecule has 1 heterocycles. The number of nitrogens with zero attached hydrogens (tertiary/aromatic N) is 1. The van der Waals surface area contributed by atoms with E-state index in [2.05, 4.69) is 4.98 Å². The Hall–Kier alpha value is -0.490. The predicted octanol–water partition coefficient (Wildman–Crippen LogP) is 0.969. The average Bonchev–Trinajstić information content (AvgIpc) is 2.58. The number of aromatic nitrogens is 1. The van der Waals surface area contributed by atoms with Gasteiger partial charge in [0, 0.05) is 25.8 Å². The van der Waals surface area contributed by atoms with Crippen LogP contribution in [0.5, 0.6) is 0 Å². The van der Waals surface area contributed by atoms with Gasteiger partial charge in [-0.2, -0.15) is 0 Å². The summed E-state index contributed by atoms with van der Waals surface area (Å²) in [5.74, 6) is 0. The molecule has 4 nitrogen and oxygen atoms in total. The van der Waals surface area contributed by atoms with Crippen molar-refractivity contribution in [3.8, 4) is 0 Å². The Balaban J connectivity index is 2.86. The summed E-state index contributed by atoms with van der Waals surface area (Å²) in [5, 5.41) is 12.4. The Morgan fingerprint density at radius 1 is 1.54 bits per heavy atom. The van der Waals surface area contributed by atoms with E-state index in [-0.39, 0.29) is 0 Å². The molecule has 0 bridgehead atoms. The minimum Gasteiger partial charge on any atom is -0.378 e. The minimum absolute atomic E-state index is 0.584. The Morgan fingerprint density at radius 2 is 2.15 bits per heavy atom. The maximum atomic E-state index is 10.0. The van der Waals surface area contributed by atoms with Crippen LogP contribution < -0.4 is 0 Å². The Bertz CT molecular complexity index is 244. The van der Waals surface area contributed by atoms with Crippen LogP contribution in [0.15, 0.2) is 11.6 Å². The number of ether oxygens (including phenoxy) is 2. The maximum Gasteiger partial charge on any atom is 0.192 e. The van der Waals surface area contributed by atoms with Crippen LogP contribution >= 0.6 is 11.3 Å². The number of hydrogen-bond donors (Lipinski definition) is 1. The number of methoxy groups -OCH3 is 2. The molecule has 74 valence electrons. The second-order valence-corrected chi connectivity index (χ2v) is 3.68. The molecule has 0 aliphatic carbocycles. The van der Waals surface area contributed by atoms with Crippen molar-refractivity contribution in [2.45, 2.75) is 18.8 Å². The molecule has 13 heavy (non-hydrogen) atoms. The first-order valence-electron chi connectivity index (χ1n) is 3.81. The zero-order valence-electron chi connectivity index (χ0n) is 7.85. The van der Waals surface area contributed by atoms with Crippen LogP contribution in [0.25, 0.3) is 0 Å². The van der Waals surface area contributed by atoms with Gasteiger partial charge in [0.1, 0.15) is 5.01 Å². The van der Waals surface area contributed by atoms with Crippen molar-refractivity contribution in [2.24, 2.45) is 0 Å². The number of hydrogen-bond acceptors (Lipinski definition) is 5. The fourth-order valence-corrected chi connectivity index (χ4v) is 1.84.